The Morgan fingerprint density at radius 1 is 1.22 bits per heavy atom. The topological polar surface area (TPSA) is 14.2 Å². The molecule has 0 aliphatic carbocycles. The summed E-state index contributed by atoms with van der Waals surface area (Å²) < 4.78 is 9.31. The minimum Gasteiger partial charge on any atom is -0.361 e. The molecule has 98 valence electrons. The molecule has 0 bridgehead atoms. The van der Waals surface area contributed by atoms with Gasteiger partial charge in [0, 0.05) is 20.1 Å². The third-order valence-electron chi connectivity index (χ3n) is 2.98. The first-order valence-electron chi connectivity index (χ1n) is 6.29. The van der Waals surface area contributed by atoms with Crippen LogP contribution in [0.1, 0.15) is 0 Å². The van der Waals surface area contributed by atoms with E-state index in [4.69, 9.17) is 4.74 Å². The van der Waals surface area contributed by atoms with Gasteiger partial charge in [0.2, 0.25) is 0 Å². The average molecular weight is 373 g/mol. The van der Waals surface area contributed by atoms with Crippen molar-refractivity contribution in [1.82, 2.24) is 4.57 Å². The molecule has 0 unspecified atom stereocenters. The molecule has 2 rings (SSSR count). The van der Waals surface area contributed by atoms with Crippen LogP contribution in [0.4, 0.5) is 0 Å². The van der Waals surface area contributed by atoms with Gasteiger partial charge in [0.15, 0.2) is 0 Å². The highest BCUT2D eigenvalue weighted by molar-refractivity contribution is 14.1. The van der Waals surface area contributed by atoms with E-state index in [0.29, 0.717) is 6.73 Å². The minimum atomic E-state index is -0.983. The van der Waals surface area contributed by atoms with Gasteiger partial charge in [-0.1, -0.05) is 37.8 Å². The van der Waals surface area contributed by atoms with Crippen LogP contribution >= 0.6 is 22.6 Å². The Morgan fingerprint density at radius 3 is 2.67 bits per heavy atom. The van der Waals surface area contributed by atoms with Gasteiger partial charge in [0.25, 0.3) is 0 Å². The molecule has 2 nitrogen and oxygen atoms in total. The summed E-state index contributed by atoms with van der Waals surface area (Å²) in [4.78, 5) is 0. The van der Waals surface area contributed by atoms with E-state index in [0.717, 1.165) is 6.61 Å². The van der Waals surface area contributed by atoms with Crippen molar-refractivity contribution in [3.8, 4) is 0 Å². The van der Waals surface area contributed by atoms with Crippen molar-refractivity contribution in [3.05, 3.63) is 34.0 Å². The van der Waals surface area contributed by atoms with Crippen molar-refractivity contribution in [2.24, 2.45) is 0 Å². The second-order valence-corrected chi connectivity index (χ2v) is 12.5. The molecule has 1 aromatic heterocycles. The fourth-order valence-corrected chi connectivity index (χ4v) is 3.33. The lowest BCUT2D eigenvalue weighted by atomic mass is 10.2. The van der Waals surface area contributed by atoms with Crippen LogP contribution in [-0.4, -0.2) is 19.2 Å². The number of benzene rings is 1. The first-order chi connectivity index (χ1) is 8.47. The second-order valence-electron chi connectivity index (χ2n) is 5.80. The summed E-state index contributed by atoms with van der Waals surface area (Å²) in [7, 11) is -0.983. The van der Waals surface area contributed by atoms with Crippen LogP contribution in [0.15, 0.2) is 30.3 Å². The van der Waals surface area contributed by atoms with Crippen molar-refractivity contribution < 1.29 is 4.74 Å². The lowest BCUT2D eigenvalue weighted by molar-refractivity contribution is 0.0887. The quantitative estimate of drug-likeness (QED) is 0.426. The Morgan fingerprint density at radius 2 is 1.94 bits per heavy atom. The van der Waals surface area contributed by atoms with Crippen molar-refractivity contribution in [1.29, 1.82) is 0 Å². The summed E-state index contributed by atoms with van der Waals surface area (Å²) >= 11 is 2.37. The van der Waals surface area contributed by atoms with E-state index in [-0.39, 0.29) is 0 Å². The van der Waals surface area contributed by atoms with Crippen LogP contribution in [0.3, 0.4) is 0 Å². The molecule has 0 atom stereocenters. The lowest BCUT2D eigenvalue weighted by Crippen LogP contribution is -2.22. The van der Waals surface area contributed by atoms with Gasteiger partial charge in [0.05, 0.1) is 9.22 Å². The van der Waals surface area contributed by atoms with E-state index in [2.05, 4.69) is 77.1 Å². The summed E-state index contributed by atoms with van der Waals surface area (Å²) in [6, 6.07) is 11.9. The number of hydrogen-bond acceptors (Lipinski definition) is 1. The highest BCUT2D eigenvalue weighted by Gasteiger charge is 2.12. The first-order valence-corrected chi connectivity index (χ1v) is 11.1. The predicted octanol–water partition coefficient (Wildman–Crippen LogP) is 4.56. The summed E-state index contributed by atoms with van der Waals surface area (Å²) in [5.41, 5.74) is 1.26. The number of aromatic nitrogens is 1. The summed E-state index contributed by atoms with van der Waals surface area (Å²) in [6.07, 6.45) is 0. The maximum atomic E-state index is 5.84. The van der Waals surface area contributed by atoms with Crippen LogP contribution in [0.2, 0.25) is 25.7 Å². The molecular weight excluding hydrogens is 353 g/mol. The van der Waals surface area contributed by atoms with Crippen molar-refractivity contribution in [3.63, 3.8) is 0 Å². The van der Waals surface area contributed by atoms with E-state index >= 15 is 0 Å². The van der Waals surface area contributed by atoms with Crippen molar-refractivity contribution in [2.75, 3.05) is 6.61 Å². The van der Waals surface area contributed by atoms with Crippen molar-refractivity contribution >= 4 is 41.6 Å². The number of para-hydroxylation sites is 1. The molecule has 0 N–H and O–H groups in total. The largest absolute Gasteiger partial charge is 0.361 e. The predicted molar refractivity (Wildman–Crippen MR) is 88.8 cm³/mol. The van der Waals surface area contributed by atoms with Crippen LogP contribution in [0.25, 0.3) is 10.9 Å². The molecule has 1 aromatic carbocycles. The van der Waals surface area contributed by atoms with E-state index < -0.39 is 8.07 Å². The average Bonchev–Trinajstić information content (AvgIpc) is 2.59. The number of hydrogen-bond donors (Lipinski definition) is 0. The van der Waals surface area contributed by atoms with E-state index in [1.807, 2.05) is 0 Å². The summed E-state index contributed by atoms with van der Waals surface area (Å²) in [5, 5.41) is 1.29. The molecule has 18 heavy (non-hydrogen) atoms. The molecule has 0 radical (unpaired) electrons. The molecular formula is C14H20INOSi. The number of nitrogens with zero attached hydrogens (tertiary/aromatic N) is 1. The van der Waals surface area contributed by atoms with E-state index in [1.165, 1.54) is 20.6 Å². The van der Waals surface area contributed by atoms with Crippen LogP contribution in [0.5, 0.6) is 0 Å². The van der Waals surface area contributed by atoms with Gasteiger partial charge in [-0.15, -0.1) is 0 Å². The second kappa shape index (κ2) is 5.75. The molecule has 0 fully saturated rings. The maximum absolute atomic E-state index is 5.84. The number of ether oxygens (including phenoxy) is 1. The third kappa shape index (κ3) is 3.58. The Hall–Kier alpha value is -0.333. The Balaban J connectivity index is 2.01. The fourth-order valence-electron chi connectivity index (χ4n) is 1.84. The molecule has 0 amide bonds. The molecule has 1 heterocycles. The molecule has 0 saturated heterocycles. The SMILES string of the molecule is C[Si](C)(C)CCOCn1c(I)cc2ccccc21. The number of halogens is 1. The van der Waals surface area contributed by atoms with Gasteiger partial charge >= 0.3 is 0 Å². The monoisotopic (exact) mass is 373 g/mol. The van der Waals surface area contributed by atoms with Gasteiger partial charge in [-0.05, 0) is 40.8 Å². The molecule has 0 aliphatic heterocycles. The van der Waals surface area contributed by atoms with Crippen molar-refractivity contribution in [2.45, 2.75) is 32.4 Å². The molecule has 4 heteroatoms. The molecule has 0 spiro atoms. The zero-order valence-electron chi connectivity index (χ0n) is 11.2. The van der Waals surface area contributed by atoms with Gasteiger partial charge in [0.1, 0.15) is 6.73 Å². The maximum Gasteiger partial charge on any atom is 0.123 e. The summed E-state index contributed by atoms with van der Waals surface area (Å²) in [6.45, 7) is 8.68. The highest BCUT2D eigenvalue weighted by Crippen LogP contribution is 2.21. The molecule has 0 aliphatic rings. The Bertz CT molecular complexity index is 530. The fraction of sp³-hybridized carbons (Fsp3) is 0.429. The number of fused-ring (bicyclic) bond motifs is 1. The van der Waals surface area contributed by atoms with E-state index in [1.54, 1.807) is 0 Å². The Labute approximate surface area is 123 Å². The smallest absolute Gasteiger partial charge is 0.123 e. The van der Waals surface area contributed by atoms with Crippen LogP contribution in [-0.2, 0) is 11.5 Å². The molecule has 2 aromatic rings. The first kappa shape index (κ1) is 14.1. The lowest BCUT2D eigenvalue weighted by Gasteiger charge is -2.16. The third-order valence-corrected chi connectivity index (χ3v) is 5.57. The van der Waals surface area contributed by atoms with Gasteiger partial charge in [-0.25, -0.2) is 0 Å². The van der Waals surface area contributed by atoms with Crippen LogP contribution < -0.4 is 0 Å². The zero-order valence-corrected chi connectivity index (χ0v) is 14.4. The van der Waals surface area contributed by atoms with Gasteiger partial charge in [-0.3, -0.25) is 0 Å². The minimum absolute atomic E-state index is 0.663. The summed E-state index contributed by atoms with van der Waals surface area (Å²) in [5.74, 6) is 0. The zero-order chi connectivity index (χ0) is 13.2. The normalized spacial score (nSPS) is 12.2. The highest BCUT2D eigenvalue weighted by atomic mass is 127. The Kier molecular flexibility index (Phi) is 4.50. The van der Waals surface area contributed by atoms with Gasteiger partial charge in [-0.2, -0.15) is 0 Å². The number of rotatable bonds is 5. The van der Waals surface area contributed by atoms with Crippen LogP contribution in [0, 0.1) is 3.70 Å². The van der Waals surface area contributed by atoms with Gasteiger partial charge < -0.3 is 9.30 Å². The standard InChI is InChI=1S/C14H20INOSi/c1-18(2,3)9-8-17-11-16-13-7-5-4-6-12(13)10-14(16)15/h4-7,10H,8-9,11H2,1-3H3. The molecule has 0 saturated carbocycles. The van der Waals surface area contributed by atoms with E-state index in [9.17, 15) is 0 Å².